The molecule has 6 heteroatoms. The smallest absolute Gasteiger partial charge is 0.285 e. The van der Waals surface area contributed by atoms with Gasteiger partial charge in [-0.1, -0.05) is 36.4 Å². The Morgan fingerprint density at radius 1 is 1.19 bits per heavy atom. The Kier molecular flexibility index (Phi) is 4.87. The average molecular weight is 376 g/mol. The average Bonchev–Trinajstić information content (AvgIpc) is 2.86. The third-order valence-corrected chi connectivity index (χ3v) is 6.06. The van der Waals surface area contributed by atoms with Gasteiger partial charge in [-0.2, -0.15) is 5.26 Å². The van der Waals surface area contributed by atoms with Crippen LogP contribution < -0.4 is 5.56 Å². The summed E-state index contributed by atoms with van der Waals surface area (Å²) in [6.07, 6.45) is 5.38. The van der Waals surface area contributed by atoms with Crippen LogP contribution in [0.25, 0.3) is 5.69 Å². The number of nitrogens with one attached hydrogen (secondary N) is 1. The van der Waals surface area contributed by atoms with E-state index in [-0.39, 0.29) is 5.56 Å². The number of aryl methyl sites for hydroxylation is 3. The van der Waals surface area contributed by atoms with Crippen molar-refractivity contribution in [1.29, 1.82) is 5.26 Å². The lowest BCUT2D eigenvalue weighted by atomic mass is 10.1. The van der Waals surface area contributed by atoms with Gasteiger partial charge in [0.2, 0.25) is 0 Å². The van der Waals surface area contributed by atoms with Gasteiger partial charge in [-0.05, 0) is 56.4 Å². The standard InChI is InChI=1S/C21H20N4OS/c1-14-19(21(26)25(24-14)17-9-5-3-6-10-17)27-20-16(13-22)12-15-8-4-2-7-11-18(15)23-20/h3,5-6,9-10,12,24H,2,4,7-8,11H2,1H3. The van der Waals surface area contributed by atoms with Crippen molar-refractivity contribution in [1.82, 2.24) is 14.8 Å². The molecular formula is C21H20N4OS. The molecule has 1 aromatic carbocycles. The quantitative estimate of drug-likeness (QED) is 0.697. The molecule has 0 saturated carbocycles. The summed E-state index contributed by atoms with van der Waals surface area (Å²) >= 11 is 1.29. The topological polar surface area (TPSA) is 74.5 Å². The summed E-state index contributed by atoms with van der Waals surface area (Å²) in [5.41, 5.74) is 4.24. The van der Waals surface area contributed by atoms with Crippen LogP contribution in [0.5, 0.6) is 0 Å². The van der Waals surface area contributed by atoms with E-state index in [1.54, 1.807) is 0 Å². The lowest BCUT2D eigenvalue weighted by Crippen LogP contribution is -2.15. The normalized spacial score (nSPS) is 13.6. The van der Waals surface area contributed by atoms with Crippen LogP contribution in [0.3, 0.4) is 0 Å². The number of aromatic nitrogens is 3. The first-order valence-corrected chi connectivity index (χ1v) is 9.97. The predicted octanol–water partition coefficient (Wildman–Crippen LogP) is 4.16. The molecular weight excluding hydrogens is 356 g/mol. The summed E-state index contributed by atoms with van der Waals surface area (Å²) in [5.74, 6) is 0. The van der Waals surface area contributed by atoms with Crippen molar-refractivity contribution in [3.8, 4) is 11.8 Å². The second kappa shape index (κ2) is 7.45. The summed E-state index contributed by atoms with van der Waals surface area (Å²) in [7, 11) is 0. The summed E-state index contributed by atoms with van der Waals surface area (Å²) in [5, 5.41) is 13.4. The van der Waals surface area contributed by atoms with Gasteiger partial charge in [0.15, 0.2) is 0 Å². The van der Waals surface area contributed by atoms with Crippen molar-refractivity contribution in [2.75, 3.05) is 0 Å². The Labute approximate surface area is 162 Å². The van der Waals surface area contributed by atoms with E-state index in [2.05, 4.69) is 11.2 Å². The molecule has 2 heterocycles. The number of hydrogen-bond acceptors (Lipinski definition) is 4. The van der Waals surface area contributed by atoms with Gasteiger partial charge in [-0.3, -0.25) is 9.89 Å². The molecule has 0 unspecified atom stereocenters. The summed E-state index contributed by atoms with van der Waals surface area (Å²) in [4.78, 5) is 18.3. The molecule has 3 aromatic rings. The first-order chi connectivity index (χ1) is 13.2. The van der Waals surface area contributed by atoms with Gasteiger partial charge in [0.25, 0.3) is 5.56 Å². The number of benzene rings is 1. The van der Waals surface area contributed by atoms with Crippen molar-refractivity contribution >= 4 is 11.8 Å². The molecule has 27 heavy (non-hydrogen) atoms. The first kappa shape index (κ1) is 17.6. The second-order valence-electron chi connectivity index (χ2n) is 6.76. The number of hydrogen-bond donors (Lipinski definition) is 1. The van der Waals surface area contributed by atoms with Gasteiger partial charge in [0, 0.05) is 11.4 Å². The highest BCUT2D eigenvalue weighted by Gasteiger charge is 2.19. The van der Waals surface area contributed by atoms with Crippen LogP contribution in [0.15, 0.2) is 51.1 Å². The van der Waals surface area contributed by atoms with E-state index in [0.29, 0.717) is 15.5 Å². The highest BCUT2D eigenvalue weighted by Crippen LogP contribution is 2.31. The van der Waals surface area contributed by atoms with Gasteiger partial charge >= 0.3 is 0 Å². The summed E-state index contributed by atoms with van der Waals surface area (Å²) in [6.45, 7) is 1.87. The van der Waals surface area contributed by atoms with Crippen LogP contribution in [0.2, 0.25) is 0 Å². The largest absolute Gasteiger partial charge is 0.294 e. The van der Waals surface area contributed by atoms with Gasteiger partial charge in [-0.15, -0.1) is 0 Å². The Morgan fingerprint density at radius 3 is 2.74 bits per heavy atom. The van der Waals surface area contributed by atoms with Crippen molar-refractivity contribution in [2.24, 2.45) is 0 Å². The summed E-state index contributed by atoms with van der Waals surface area (Å²) < 4.78 is 1.53. The van der Waals surface area contributed by atoms with E-state index in [1.165, 1.54) is 28.4 Å². The number of nitrogens with zero attached hydrogens (tertiary/aromatic N) is 3. The summed E-state index contributed by atoms with van der Waals surface area (Å²) in [6, 6.07) is 13.7. The minimum atomic E-state index is -0.121. The molecule has 2 aromatic heterocycles. The Balaban J connectivity index is 1.75. The number of para-hydroxylation sites is 1. The zero-order valence-corrected chi connectivity index (χ0v) is 16.0. The molecule has 5 nitrogen and oxygen atoms in total. The molecule has 0 fully saturated rings. The van der Waals surface area contributed by atoms with Gasteiger partial charge in [-0.25, -0.2) is 9.67 Å². The lowest BCUT2D eigenvalue weighted by molar-refractivity contribution is 0.707. The Bertz CT molecular complexity index is 1080. The van der Waals surface area contributed by atoms with Crippen molar-refractivity contribution in [3.05, 3.63) is 69.3 Å². The molecule has 4 rings (SSSR count). The van der Waals surface area contributed by atoms with E-state index in [0.717, 1.165) is 42.8 Å². The molecule has 0 amide bonds. The third-order valence-electron chi connectivity index (χ3n) is 4.87. The number of pyridine rings is 1. The van der Waals surface area contributed by atoms with Crippen LogP contribution in [-0.2, 0) is 12.8 Å². The van der Waals surface area contributed by atoms with Crippen LogP contribution in [0.1, 0.15) is 41.8 Å². The molecule has 1 aliphatic carbocycles. The van der Waals surface area contributed by atoms with E-state index < -0.39 is 0 Å². The number of H-pyrrole nitrogens is 1. The van der Waals surface area contributed by atoms with Crippen LogP contribution in [0.4, 0.5) is 0 Å². The van der Waals surface area contributed by atoms with E-state index in [1.807, 2.05) is 43.3 Å². The van der Waals surface area contributed by atoms with Gasteiger partial charge in [0.1, 0.15) is 16.0 Å². The van der Waals surface area contributed by atoms with E-state index >= 15 is 0 Å². The van der Waals surface area contributed by atoms with Crippen LogP contribution in [0, 0.1) is 18.3 Å². The molecule has 0 saturated heterocycles. The Hall–Kier alpha value is -2.78. The van der Waals surface area contributed by atoms with Crippen LogP contribution in [-0.4, -0.2) is 14.8 Å². The molecule has 1 N–H and O–H groups in total. The predicted molar refractivity (Wildman–Crippen MR) is 105 cm³/mol. The Morgan fingerprint density at radius 2 is 1.96 bits per heavy atom. The third kappa shape index (κ3) is 3.43. The lowest BCUT2D eigenvalue weighted by Gasteiger charge is -2.09. The molecule has 1 aliphatic rings. The SMILES string of the molecule is Cc1[nH]n(-c2ccccc2)c(=O)c1Sc1nc2c(cc1C#N)CCCCC2. The minimum absolute atomic E-state index is 0.121. The maximum atomic E-state index is 12.9. The molecule has 0 aliphatic heterocycles. The zero-order valence-electron chi connectivity index (χ0n) is 15.2. The monoisotopic (exact) mass is 376 g/mol. The molecule has 136 valence electrons. The van der Waals surface area contributed by atoms with Crippen molar-refractivity contribution in [2.45, 2.75) is 48.9 Å². The molecule has 0 radical (unpaired) electrons. The molecule has 0 bridgehead atoms. The van der Waals surface area contributed by atoms with E-state index in [9.17, 15) is 10.1 Å². The second-order valence-corrected chi connectivity index (χ2v) is 7.76. The highest BCUT2D eigenvalue weighted by molar-refractivity contribution is 7.99. The highest BCUT2D eigenvalue weighted by atomic mass is 32.2. The minimum Gasteiger partial charge on any atom is -0.294 e. The number of nitriles is 1. The van der Waals surface area contributed by atoms with Gasteiger partial charge < -0.3 is 0 Å². The van der Waals surface area contributed by atoms with E-state index in [4.69, 9.17) is 4.98 Å². The van der Waals surface area contributed by atoms with Crippen molar-refractivity contribution < 1.29 is 0 Å². The fraction of sp³-hybridized carbons (Fsp3) is 0.286. The molecule has 0 atom stereocenters. The van der Waals surface area contributed by atoms with Gasteiger partial charge in [0.05, 0.1) is 11.3 Å². The number of rotatable bonds is 3. The van der Waals surface area contributed by atoms with Crippen LogP contribution >= 0.6 is 11.8 Å². The number of aromatic amines is 1. The fourth-order valence-corrected chi connectivity index (χ4v) is 4.40. The maximum Gasteiger partial charge on any atom is 0.285 e. The van der Waals surface area contributed by atoms with Crippen molar-refractivity contribution in [3.63, 3.8) is 0 Å². The maximum absolute atomic E-state index is 12.9. The number of fused-ring (bicyclic) bond motifs is 1. The molecule has 0 spiro atoms. The zero-order chi connectivity index (χ0) is 18.8. The first-order valence-electron chi connectivity index (χ1n) is 9.15. The fourth-order valence-electron chi connectivity index (χ4n) is 3.46.